The topological polar surface area (TPSA) is 20.3 Å². The first-order chi connectivity index (χ1) is 6.59. The van der Waals surface area contributed by atoms with Gasteiger partial charge in [0, 0.05) is 19.0 Å². The Kier molecular flexibility index (Phi) is 4.59. The Balaban J connectivity index is 2.20. The molecule has 0 aliphatic heterocycles. The highest BCUT2D eigenvalue weighted by Gasteiger charge is 2.28. The van der Waals surface area contributed by atoms with Gasteiger partial charge in [0.05, 0.1) is 0 Å². The van der Waals surface area contributed by atoms with E-state index in [0.717, 1.165) is 24.9 Å². The minimum Gasteiger partial charge on any atom is -0.300 e. The van der Waals surface area contributed by atoms with E-state index < -0.39 is 0 Å². The van der Waals surface area contributed by atoms with Gasteiger partial charge in [0.15, 0.2) is 0 Å². The highest BCUT2D eigenvalue weighted by atomic mass is 16.1. The van der Waals surface area contributed by atoms with Crippen LogP contribution in [0.1, 0.15) is 46.5 Å². The lowest BCUT2D eigenvalue weighted by molar-refractivity contribution is -0.117. The molecular weight excluding hydrogens is 174 g/mol. The van der Waals surface area contributed by atoms with Gasteiger partial charge in [0.25, 0.3) is 0 Å². The van der Waals surface area contributed by atoms with Gasteiger partial charge >= 0.3 is 0 Å². The van der Waals surface area contributed by atoms with Crippen molar-refractivity contribution in [2.45, 2.75) is 52.5 Å². The number of rotatable bonds is 7. The predicted octanol–water partition coefficient (Wildman–Crippen LogP) is 2.48. The van der Waals surface area contributed by atoms with Crippen LogP contribution in [0, 0.1) is 5.92 Å². The van der Waals surface area contributed by atoms with Crippen LogP contribution >= 0.6 is 0 Å². The van der Waals surface area contributed by atoms with Crippen LogP contribution in [0.4, 0.5) is 0 Å². The fraction of sp³-hybridized carbons (Fsp3) is 0.917. The van der Waals surface area contributed by atoms with Gasteiger partial charge in [-0.05, 0) is 38.6 Å². The maximum atomic E-state index is 10.9. The van der Waals surface area contributed by atoms with Crippen LogP contribution in [0.25, 0.3) is 0 Å². The summed E-state index contributed by atoms with van der Waals surface area (Å²) in [5.74, 6) is 1.09. The molecule has 1 fully saturated rings. The van der Waals surface area contributed by atoms with Crippen molar-refractivity contribution in [2.24, 2.45) is 5.92 Å². The zero-order chi connectivity index (χ0) is 10.6. The third-order valence-electron chi connectivity index (χ3n) is 2.81. The van der Waals surface area contributed by atoms with Crippen LogP contribution in [-0.4, -0.2) is 29.8 Å². The average Bonchev–Trinajstić information content (AvgIpc) is 2.86. The Labute approximate surface area is 87.7 Å². The van der Waals surface area contributed by atoms with Gasteiger partial charge in [0.2, 0.25) is 0 Å². The van der Waals surface area contributed by atoms with Crippen molar-refractivity contribution < 1.29 is 4.79 Å². The number of nitrogens with zero attached hydrogens (tertiary/aromatic N) is 1. The van der Waals surface area contributed by atoms with E-state index in [0.29, 0.717) is 5.78 Å². The van der Waals surface area contributed by atoms with Crippen molar-refractivity contribution in [3.63, 3.8) is 0 Å². The predicted molar refractivity (Wildman–Crippen MR) is 59.3 cm³/mol. The lowest BCUT2D eigenvalue weighted by atomic mass is 10.1. The average molecular weight is 197 g/mol. The Morgan fingerprint density at radius 1 is 1.36 bits per heavy atom. The molecule has 0 atom stereocenters. The number of hydrogen-bond donors (Lipinski definition) is 0. The van der Waals surface area contributed by atoms with E-state index in [4.69, 9.17) is 0 Å². The van der Waals surface area contributed by atoms with Gasteiger partial charge in [-0.3, -0.25) is 9.69 Å². The molecule has 0 N–H and O–H groups in total. The molecule has 0 aromatic rings. The van der Waals surface area contributed by atoms with Gasteiger partial charge in [-0.2, -0.15) is 0 Å². The molecule has 2 heteroatoms. The molecule has 1 aliphatic carbocycles. The van der Waals surface area contributed by atoms with Crippen LogP contribution < -0.4 is 0 Å². The Morgan fingerprint density at radius 3 is 2.43 bits per heavy atom. The van der Waals surface area contributed by atoms with Crippen LogP contribution in [0.3, 0.4) is 0 Å². The molecule has 1 rings (SSSR count). The molecule has 0 heterocycles. The molecule has 0 unspecified atom stereocenters. The first-order valence-electron chi connectivity index (χ1n) is 5.83. The molecule has 14 heavy (non-hydrogen) atoms. The molecule has 2 nitrogen and oxygen atoms in total. The fourth-order valence-electron chi connectivity index (χ4n) is 1.64. The Morgan fingerprint density at radius 2 is 2.00 bits per heavy atom. The number of Topliss-reactive ketones (excluding diaryl/α,β-unsaturated/α-hetero) is 1. The standard InChI is InChI=1S/C12H23NO/c1-10(2)6-8-13(12-4-5-12)9-7-11(3)14/h10,12H,4-9H2,1-3H3. The van der Waals surface area contributed by atoms with Crippen LogP contribution in [0.5, 0.6) is 0 Å². The number of ketones is 1. The summed E-state index contributed by atoms with van der Waals surface area (Å²) in [7, 11) is 0. The van der Waals surface area contributed by atoms with Gasteiger partial charge < -0.3 is 0 Å². The Bertz CT molecular complexity index is 185. The molecule has 0 aromatic heterocycles. The van der Waals surface area contributed by atoms with Crippen molar-refractivity contribution in [1.29, 1.82) is 0 Å². The highest BCUT2D eigenvalue weighted by molar-refractivity contribution is 5.75. The van der Waals surface area contributed by atoms with Crippen LogP contribution in [0.2, 0.25) is 0 Å². The molecule has 0 aromatic carbocycles. The maximum absolute atomic E-state index is 10.9. The van der Waals surface area contributed by atoms with Gasteiger partial charge in [0.1, 0.15) is 5.78 Å². The summed E-state index contributed by atoms with van der Waals surface area (Å²) in [6.07, 6.45) is 4.68. The zero-order valence-corrected chi connectivity index (χ0v) is 9.75. The largest absolute Gasteiger partial charge is 0.300 e. The smallest absolute Gasteiger partial charge is 0.131 e. The van der Waals surface area contributed by atoms with Gasteiger partial charge in [-0.1, -0.05) is 13.8 Å². The normalized spacial score (nSPS) is 16.6. The van der Waals surface area contributed by atoms with E-state index in [-0.39, 0.29) is 0 Å². The second kappa shape index (κ2) is 5.50. The first-order valence-corrected chi connectivity index (χ1v) is 5.83. The molecule has 0 amide bonds. The summed E-state index contributed by atoms with van der Waals surface area (Å²) in [6, 6.07) is 0.799. The molecule has 1 aliphatic rings. The number of carbonyl (C=O) groups excluding carboxylic acids is 1. The SMILES string of the molecule is CC(=O)CCN(CCC(C)C)C1CC1. The number of hydrogen-bond acceptors (Lipinski definition) is 2. The van der Waals surface area contributed by atoms with Crippen molar-refractivity contribution >= 4 is 5.78 Å². The van der Waals surface area contributed by atoms with Crippen molar-refractivity contribution in [3.8, 4) is 0 Å². The van der Waals surface area contributed by atoms with E-state index in [1.54, 1.807) is 6.92 Å². The highest BCUT2D eigenvalue weighted by Crippen LogP contribution is 2.27. The summed E-state index contributed by atoms with van der Waals surface area (Å²) in [5, 5.41) is 0. The van der Waals surface area contributed by atoms with E-state index in [1.807, 2.05) is 0 Å². The zero-order valence-electron chi connectivity index (χ0n) is 9.75. The summed E-state index contributed by atoms with van der Waals surface area (Å²) in [4.78, 5) is 13.4. The molecular formula is C12H23NO. The van der Waals surface area contributed by atoms with E-state index >= 15 is 0 Å². The Hall–Kier alpha value is -0.370. The molecule has 0 saturated heterocycles. The number of carbonyl (C=O) groups is 1. The molecule has 82 valence electrons. The van der Waals surface area contributed by atoms with E-state index in [1.165, 1.54) is 25.8 Å². The van der Waals surface area contributed by atoms with E-state index in [2.05, 4.69) is 18.7 Å². The molecule has 1 saturated carbocycles. The van der Waals surface area contributed by atoms with Crippen molar-refractivity contribution in [1.82, 2.24) is 4.90 Å². The monoisotopic (exact) mass is 197 g/mol. The second-order valence-electron chi connectivity index (χ2n) is 4.90. The third-order valence-corrected chi connectivity index (χ3v) is 2.81. The van der Waals surface area contributed by atoms with E-state index in [9.17, 15) is 4.79 Å². The molecule has 0 spiro atoms. The lowest BCUT2D eigenvalue weighted by Crippen LogP contribution is -2.30. The van der Waals surface area contributed by atoms with Gasteiger partial charge in [-0.15, -0.1) is 0 Å². The molecule has 0 radical (unpaired) electrons. The summed E-state index contributed by atoms with van der Waals surface area (Å²) in [6.45, 7) is 8.36. The first kappa shape index (κ1) is 11.7. The summed E-state index contributed by atoms with van der Waals surface area (Å²) < 4.78 is 0. The second-order valence-corrected chi connectivity index (χ2v) is 4.90. The summed E-state index contributed by atoms with van der Waals surface area (Å²) in [5.41, 5.74) is 0. The van der Waals surface area contributed by atoms with Crippen LogP contribution in [-0.2, 0) is 4.79 Å². The minimum atomic E-state index is 0.320. The quantitative estimate of drug-likeness (QED) is 0.625. The lowest BCUT2D eigenvalue weighted by Gasteiger charge is -2.22. The fourth-order valence-corrected chi connectivity index (χ4v) is 1.64. The minimum absolute atomic E-state index is 0.320. The van der Waals surface area contributed by atoms with Crippen molar-refractivity contribution in [3.05, 3.63) is 0 Å². The summed E-state index contributed by atoms with van der Waals surface area (Å²) >= 11 is 0. The van der Waals surface area contributed by atoms with Gasteiger partial charge in [-0.25, -0.2) is 0 Å². The molecule has 0 bridgehead atoms. The maximum Gasteiger partial charge on any atom is 0.131 e. The van der Waals surface area contributed by atoms with Crippen molar-refractivity contribution in [2.75, 3.05) is 13.1 Å². The third kappa shape index (κ3) is 4.75. The van der Waals surface area contributed by atoms with Crippen LogP contribution in [0.15, 0.2) is 0 Å².